The molecule has 4 atom stereocenters. The molecule has 0 radical (unpaired) electrons. The Hall–Kier alpha value is -2.68. The van der Waals surface area contributed by atoms with Gasteiger partial charge in [0.25, 0.3) is 5.91 Å². The number of hydrogen-bond donors (Lipinski definition) is 3. The Bertz CT molecular complexity index is 772. The molecule has 0 unspecified atom stereocenters. The number of ether oxygens (including phenoxy) is 1. The van der Waals surface area contributed by atoms with Crippen LogP contribution in [-0.4, -0.2) is 52.9 Å². The van der Waals surface area contributed by atoms with Gasteiger partial charge < -0.3 is 20.5 Å². The summed E-state index contributed by atoms with van der Waals surface area (Å²) < 4.78 is 6.46. The largest absolute Gasteiger partial charge is 0.481 e. The molecular weight excluding hydrogens is 352 g/mol. The first-order valence-electron chi connectivity index (χ1n) is 9.02. The zero-order valence-electron chi connectivity index (χ0n) is 15.3. The second-order valence-electron chi connectivity index (χ2n) is 6.82. The Morgan fingerprint density at radius 3 is 2.63 bits per heavy atom. The topological polar surface area (TPSA) is 123 Å². The number of carbonyl (C=O) groups excluding carboxylic acids is 2. The number of nitrogens with one attached hydrogen (secondary N) is 2. The summed E-state index contributed by atoms with van der Waals surface area (Å²) >= 11 is 0. The van der Waals surface area contributed by atoms with E-state index >= 15 is 0 Å². The van der Waals surface area contributed by atoms with Crippen LogP contribution in [0.1, 0.15) is 23.8 Å². The number of aliphatic carboxylic acids is 1. The molecule has 27 heavy (non-hydrogen) atoms. The molecule has 146 valence electrons. The van der Waals surface area contributed by atoms with Crippen LogP contribution in [0.5, 0.6) is 0 Å². The number of nitrogens with zero attached hydrogens (tertiary/aromatic N) is 2. The molecule has 0 spiro atoms. The first-order chi connectivity index (χ1) is 13.0. The Morgan fingerprint density at radius 2 is 2.00 bits per heavy atom. The molecule has 1 aromatic rings. The van der Waals surface area contributed by atoms with E-state index in [0.29, 0.717) is 26.1 Å². The fourth-order valence-electron chi connectivity index (χ4n) is 3.93. The van der Waals surface area contributed by atoms with Crippen molar-refractivity contribution in [2.24, 2.45) is 23.7 Å². The van der Waals surface area contributed by atoms with Crippen LogP contribution in [0.3, 0.4) is 0 Å². The van der Waals surface area contributed by atoms with Crippen molar-refractivity contribution in [2.75, 3.05) is 25.6 Å². The Labute approximate surface area is 156 Å². The van der Waals surface area contributed by atoms with Gasteiger partial charge in [-0.15, -0.1) is 0 Å². The lowest BCUT2D eigenvalue weighted by atomic mass is 9.82. The van der Waals surface area contributed by atoms with Gasteiger partial charge in [-0.2, -0.15) is 5.10 Å². The summed E-state index contributed by atoms with van der Waals surface area (Å²) in [5.41, 5.74) is 0.388. The average Bonchev–Trinajstić information content (AvgIpc) is 3.35. The van der Waals surface area contributed by atoms with Crippen molar-refractivity contribution in [3.8, 4) is 0 Å². The summed E-state index contributed by atoms with van der Waals surface area (Å²) in [5, 5.41) is 19.1. The van der Waals surface area contributed by atoms with E-state index in [1.165, 1.54) is 7.11 Å². The highest BCUT2D eigenvalue weighted by molar-refractivity contribution is 6.03. The summed E-state index contributed by atoms with van der Waals surface area (Å²) in [4.78, 5) is 36.9. The van der Waals surface area contributed by atoms with Gasteiger partial charge in [-0.1, -0.05) is 12.2 Å². The lowest BCUT2D eigenvalue weighted by molar-refractivity contribution is -0.146. The van der Waals surface area contributed by atoms with E-state index in [4.69, 9.17) is 4.74 Å². The van der Waals surface area contributed by atoms with Gasteiger partial charge in [-0.05, 0) is 25.2 Å². The van der Waals surface area contributed by atoms with Gasteiger partial charge >= 0.3 is 5.97 Å². The molecule has 2 aliphatic rings. The lowest BCUT2D eigenvalue weighted by Gasteiger charge is -2.23. The number of carboxylic acid groups (broad SMARTS) is 1. The van der Waals surface area contributed by atoms with E-state index in [1.807, 2.05) is 19.1 Å². The molecule has 0 saturated heterocycles. The quantitative estimate of drug-likeness (QED) is 0.454. The fraction of sp³-hybridized carbons (Fsp3) is 0.556. The second kappa shape index (κ2) is 7.91. The molecule has 2 amide bonds. The predicted octanol–water partition coefficient (Wildman–Crippen LogP) is 0.741. The maximum Gasteiger partial charge on any atom is 0.307 e. The number of hydrogen-bond acceptors (Lipinski definition) is 5. The highest BCUT2D eigenvalue weighted by atomic mass is 16.5. The molecule has 2 aliphatic carbocycles. The van der Waals surface area contributed by atoms with Crippen LogP contribution in [-0.2, 0) is 20.9 Å². The minimum atomic E-state index is -0.964. The van der Waals surface area contributed by atoms with Crippen molar-refractivity contribution in [3.05, 3.63) is 24.0 Å². The molecule has 3 rings (SSSR count). The molecule has 9 nitrogen and oxygen atoms in total. The lowest BCUT2D eigenvalue weighted by Crippen LogP contribution is -2.37. The van der Waals surface area contributed by atoms with Crippen molar-refractivity contribution >= 4 is 23.5 Å². The van der Waals surface area contributed by atoms with Crippen LogP contribution in [0.4, 0.5) is 5.69 Å². The molecule has 1 fully saturated rings. The third kappa shape index (κ3) is 3.73. The van der Waals surface area contributed by atoms with Crippen molar-refractivity contribution < 1.29 is 24.2 Å². The number of rotatable bonds is 8. The standard InChI is InChI=1S/C18H24N4O5/c1-3-22-9-12(15(21-22)17(24)19-6-7-27-2)20-16(23)13-10-4-5-11(8-10)14(13)18(25)26/h4-5,9-11,13-14H,3,6-8H2,1-2H3,(H,19,24)(H,20,23)(H,25,26)/t10-,11-,13-,14+/m0/s1. The minimum absolute atomic E-state index is 0.0868. The molecule has 3 N–H and O–H groups in total. The first kappa shape index (κ1) is 19.1. The van der Waals surface area contributed by atoms with Gasteiger partial charge in [0.05, 0.1) is 24.1 Å². The second-order valence-corrected chi connectivity index (χ2v) is 6.82. The van der Waals surface area contributed by atoms with Crippen molar-refractivity contribution in [2.45, 2.75) is 19.9 Å². The highest BCUT2D eigenvalue weighted by Crippen LogP contribution is 2.48. The number of allylic oxidation sites excluding steroid dienone is 2. The monoisotopic (exact) mass is 376 g/mol. The van der Waals surface area contributed by atoms with Crippen LogP contribution in [0.15, 0.2) is 18.3 Å². The molecular formula is C18H24N4O5. The van der Waals surface area contributed by atoms with E-state index in [2.05, 4.69) is 15.7 Å². The number of fused-ring (bicyclic) bond motifs is 2. The van der Waals surface area contributed by atoms with Crippen LogP contribution in [0.2, 0.25) is 0 Å². The summed E-state index contributed by atoms with van der Waals surface area (Å²) in [7, 11) is 1.53. The zero-order valence-corrected chi connectivity index (χ0v) is 15.3. The maximum atomic E-state index is 12.9. The third-order valence-corrected chi connectivity index (χ3v) is 5.20. The van der Waals surface area contributed by atoms with Crippen molar-refractivity contribution in [1.29, 1.82) is 0 Å². The zero-order chi connectivity index (χ0) is 19.6. The molecule has 9 heteroatoms. The van der Waals surface area contributed by atoms with Gasteiger partial charge in [0.15, 0.2) is 5.69 Å². The van der Waals surface area contributed by atoms with E-state index in [0.717, 1.165) is 0 Å². The van der Waals surface area contributed by atoms with Gasteiger partial charge in [-0.3, -0.25) is 19.1 Å². The van der Waals surface area contributed by atoms with Crippen LogP contribution in [0.25, 0.3) is 0 Å². The number of carboxylic acids is 1. The molecule has 0 aromatic carbocycles. The third-order valence-electron chi connectivity index (χ3n) is 5.20. The molecule has 1 saturated carbocycles. The van der Waals surface area contributed by atoms with E-state index < -0.39 is 23.7 Å². The molecule has 1 aromatic heterocycles. The van der Waals surface area contributed by atoms with Gasteiger partial charge in [0, 0.05) is 26.4 Å². The minimum Gasteiger partial charge on any atom is -0.481 e. The number of amides is 2. The number of aromatic nitrogens is 2. The Morgan fingerprint density at radius 1 is 1.30 bits per heavy atom. The molecule has 0 aliphatic heterocycles. The SMILES string of the molecule is CCn1cc(NC(=O)[C@@H]2[C@H](C(=O)O)[C@H]3C=C[C@H]2C3)c(C(=O)NCCOC)n1. The average molecular weight is 376 g/mol. The fourth-order valence-corrected chi connectivity index (χ4v) is 3.93. The number of aryl methyl sites for hydroxylation is 1. The summed E-state index contributed by atoms with van der Waals surface area (Å²) in [5.74, 6) is -3.35. The summed E-state index contributed by atoms with van der Waals surface area (Å²) in [6.07, 6.45) is 6.06. The Kier molecular flexibility index (Phi) is 5.59. The van der Waals surface area contributed by atoms with Crippen molar-refractivity contribution in [1.82, 2.24) is 15.1 Å². The van der Waals surface area contributed by atoms with E-state index in [-0.39, 0.29) is 29.1 Å². The normalized spacial score (nSPS) is 25.6. The first-order valence-corrected chi connectivity index (χ1v) is 9.02. The smallest absolute Gasteiger partial charge is 0.307 e. The van der Waals surface area contributed by atoms with Crippen LogP contribution in [0, 0.1) is 23.7 Å². The van der Waals surface area contributed by atoms with Gasteiger partial charge in [0.1, 0.15) is 0 Å². The predicted molar refractivity (Wildman–Crippen MR) is 96.1 cm³/mol. The number of carbonyl (C=O) groups is 3. The van der Waals surface area contributed by atoms with Gasteiger partial charge in [-0.25, -0.2) is 0 Å². The van der Waals surface area contributed by atoms with Crippen LogP contribution < -0.4 is 10.6 Å². The molecule has 2 bridgehead atoms. The van der Waals surface area contributed by atoms with Crippen molar-refractivity contribution in [3.63, 3.8) is 0 Å². The Balaban J connectivity index is 1.77. The number of anilines is 1. The van der Waals surface area contributed by atoms with E-state index in [9.17, 15) is 19.5 Å². The van der Waals surface area contributed by atoms with Crippen LogP contribution >= 0.6 is 0 Å². The summed E-state index contributed by atoms with van der Waals surface area (Å²) in [6, 6.07) is 0. The highest BCUT2D eigenvalue weighted by Gasteiger charge is 2.51. The molecule has 1 heterocycles. The van der Waals surface area contributed by atoms with Gasteiger partial charge in [0.2, 0.25) is 5.91 Å². The maximum absolute atomic E-state index is 12.9. The summed E-state index contributed by atoms with van der Waals surface area (Å²) in [6.45, 7) is 3.08. The number of methoxy groups -OCH3 is 1. The van der Waals surface area contributed by atoms with E-state index in [1.54, 1.807) is 10.9 Å².